The average molecular weight is 154 g/mol. The molecule has 2 fully saturated rings. The van der Waals surface area contributed by atoms with Crippen LogP contribution < -0.4 is 5.73 Å². The Labute approximate surface area is 66.5 Å². The zero-order valence-electron chi connectivity index (χ0n) is 6.79. The predicted octanol–water partition coefficient (Wildman–Crippen LogP) is -0.0456. The van der Waals surface area contributed by atoms with Gasteiger partial charge in [0.15, 0.2) is 0 Å². The number of nitrogens with two attached hydrogens (primary N) is 1. The molecule has 0 bridgehead atoms. The SMILES string of the molecule is CN(C(=O)C1CC1N)C1CC1. The third-order valence-electron chi connectivity index (χ3n) is 2.60. The summed E-state index contributed by atoms with van der Waals surface area (Å²) in [6, 6.07) is 0.694. The van der Waals surface area contributed by atoms with Crippen molar-refractivity contribution >= 4 is 5.91 Å². The number of amides is 1. The lowest BCUT2D eigenvalue weighted by atomic mass is 10.3. The van der Waals surface area contributed by atoms with E-state index in [9.17, 15) is 4.79 Å². The lowest BCUT2D eigenvalue weighted by Gasteiger charge is -2.15. The Morgan fingerprint density at radius 1 is 1.55 bits per heavy atom. The van der Waals surface area contributed by atoms with Crippen LogP contribution in [0.4, 0.5) is 0 Å². The van der Waals surface area contributed by atoms with E-state index in [-0.39, 0.29) is 17.9 Å². The molecular weight excluding hydrogens is 140 g/mol. The van der Waals surface area contributed by atoms with Crippen molar-refractivity contribution in [1.82, 2.24) is 4.90 Å². The Balaban J connectivity index is 1.88. The summed E-state index contributed by atoms with van der Waals surface area (Å²) in [4.78, 5) is 13.3. The molecule has 0 heterocycles. The Hall–Kier alpha value is -0.570. The molecule has 2 unspecified atom stereocenters. The van der Waals surface area contributed by atoms with Gasteiger partial charge < -0.3 is 10.6 Å². The van der Waals surface area contributed by atoms with Crippen LogP contribution in [0, 0.1) is 5.92 Å². The molecule has 0 radical (unpaired) electrons. The molecule has 2 saturated carbocycles. The zero-order valence-corrected chi connectivity index (χ0v) is 6.79. The minimum absolute atomic E-state index is 0.153. The van der Waals surface area contributed by atoms with E-state index in [0.29, 0.717) is 6.04 Å². The van der Waals surface area contributed by atoms with E-state index < -0.39 is 0 Å². The molecule has 62 valence electrons. The van der Waals surface area contributed by atoms with Gasteiger partial charge in [-0.05, 0) is 19.3 Å². The van der Waals surface area contributed by atoms with Gasteiger partial charge in [-0.15, -0.1) is 0 Å². The monoisotopic (exact) mass is 154 g/mol. The predicted molar refractivity (Wildman–Crippen MR) is 41.9 cm³/mol. The number of nitrogens with zero attached hydrogens (tertiary/aromatic N) is 1. The second kappa shape index (κ2) is 2.21. The van der Waals surface area contributed by atoms with Gasteiger partial charge in [-0.1, -0.05) is 0 Å². The Morgan fingerprint density at radius 3 is 2.45 bits per heavy atom. The summed E-state index contributed by atoms with van der Waals surface area (Å²) in [5.41, 5.74) is 5.58. The number of hydrogen-bond acceptors (Lipinski definition) is 2. The van der Waals surface area contributed by atoms with Crippen LogP contribution in [0.2, 0.25) is 0 Å². The van der Waals surface area contributed by atoms with Gasteiger partial charge in [0.25, 0.3) is 0 Å². The van der Waals surface area contributed by atoms with Gasteiger partial charge in [0, 0.05) is 19.1 Å². The van der Waals surface area contributed by atoms with E-state index in [4.69, 9.17) is 5.73 Å². The van der Waals surface area contributed by atoms with E-state index in [1.807, 2.05) is 11.9 Å². The molecule has 2 aliphatic rings. The number of rotatable bonds is 2. The van der Waals surface area contributed by atoms with Crippen LogP contribution in [-0.4, -0.2) is 29.9 Å². The first-order chi connectivity index (χ1) is 5.20. The maximum absolute atomic E-state index is 11.4. The van der Waals surface area contributed by atoms with Crippen LogP contribution in [-0.2, 0) is 4.79 Å². The fourth-order valence-corrected chi connectivity index (χ4v) is 1.40. The summed E-state index contributed by atoms with van der Waals surface area (Å²) in [6.07, 6.45) is 3.27. The van der Waals surface area contributed by atoms with Crippen molar-refractivity contribution in [3.63, 3.8) is 0 Å². The number of carbonyl (C=O) groups is 1. The quantitative estimate of drug-likeness (QED) is 0.606. The van der Waals surface area contributed by atoms with Crippen LogP contribution in [0.1, 0.15) is 19.3 Å². The number of carbonyl (C=O) groups excluding carboxylic acids is 1. The summed E-state index contributed by atoms with van der Waals surface area (Å²) in [5.74, 6) is 0.417. The van der Waals surface area contributed by atoms with E-state index in [2.05, 4.69) is 0 Å². The Kier molecular flexibility index (Phi) is 1.42. The lowest BCUT2D eigenvalue weighted by molar-refractivity contribution is -0.131. The largest absolute Gasteiger partial charge is 0.342 e. The highest BCUT2D eigenvalue weighted by Crippen LogP contribution is 2.34. The van der Waals surface area contributed by atoms with Gasteiger partial charge in [0.2, 0.25) is 5.91 Å². The maximum Gasteiger partial charge on any atom is 0.227 e. The molecule has 0 aromatic heterocycles. The molecule has 2 aliphatic carbocycles. The second-order valence-electron chi connectivity index (χ2n) is 3.69. The van der Waals surface area contributed by atoms with Crippen LogP contribution in [0.25, 0.3) is 0 Å². The Bertz CT molecular complexity index is 189. The van der Waals surface area contributed by atoms with E-state index in [1.165, 1.54) is 12.8 Å². The molecule has 0 aliphatic heterocycles. The van der Waals surface area contributed by atoms with Crippen molar-refractivity contribution in [3.8, 4) is 0 Å². The third kappa shape index (κ3) is 1.25. The molecule has 0 aromatic rings. The third-order valence-corrected chi connectivity index (χ3v) is 2.60. The van der Waals surface area contributed by atoms with Crippen molar-refractivity contribution in [2.24, 2.45) is 11.7 Å². The summed E-state index contributed by atoms with van der Waals surface area (Å²) >= 11 is 0. The summed E-state index contributed by atoms with van der Waals surface area (Å²) < 4.78 is 0. The minimum Gasteiger partial charge on any atom is -0.342 e. The van der Waals surface area contributed by atoms with E-state index >= 15 is 0 Å². The lowest BCUT2D eigenvalue weighted by Crippen LogP contribution is -2.31. The van der Waals surface area contributed by atoms with Crippen molar-refractivity contribution in [1.29, 1.82) is 0 Å². The number of hydrogen-bond donors (Lipinski definition) is 1. The van der Waals surface area contributed by atoms with Crippen molar-refractivity contribution in [3.05, 3.63) is 0 Å². The van der Waals surface area contributed by atoms with Crippen molar-refractivity contribution in [2.75, 3.05) is 7.05 Å². The van der Waals surface area contributed by atoms with Gasteiger partial charge in [-0.2, -0.15) is 0 Å². The maximum atomic E-state index is 11.4. The fourth-order valence-electron chi connectivity index (χ4n) is 1.40. The first kappa shape index (κ1) is 7.10. The molecule has 1 amide bonds. The summed E-state index contributed by atoms with van der Waals surface area (Å²) in [5, 5.41) is 0. The van der Waals surface area contributed by atoms with Gasteiger partial charge >= 0.3 is 0 Å². The molecule has 0 saturated heterocycles. The molecule has 2 N–H and O–H groups in total. The van der Waals surface area contributed by atoms with E-state index in [0.717, 1.165) is 6.42 Å². The van der Waals surface area contributed by atoms with Crippen molar-refractivity contribution in [2.45, 2.75) is 31.3 Å². The highest BCUT2D eigenvalue weighted by Gasteiger charge is 2.44. The standard InChI is InChI=1S/C8H14N2O/c1-10(5-2-3-5)8(11)6-4-7(6)9/h5-7H,2-4,9H2,1H3. The van der Waals surface area contributed by atoms with Crippen LogP contribution >= 0.6 is 0 Å². The molecule has 3 nitrogen and oxygen atoms in total. The molecule has 2 atom stereocenters. The average Bonchev–Trinajstić information content (AvgIpc) is 2.76. The minimum atomic E-state index is 0.153. The first-order valence-electron chi connectivity index (χ1n) is 4.22. The smallest absolute Gasteiger partial charge is 0.227 e. The first-order valence-corrected chi connectivity index (χ1v) is 4.22. The topological polar surface area (TPSA) is 46.3 Å². The highest BCUT2D eigenvalue weighted by molar-refractivity contribution is 5.82. The zero-order chi connectivity index (χ0) is 8.01. The summed E-state index contributed by atoms with van der Waals surface area (Å²) in [7, 11) is 1.89. The van der Waals surface area contributed by atoms with E-state index in [1.54, 1.807) is 0 Å². The highest BCUT2D eigenvalue weighted by atomic mass is 16.2. The second-order valence-corrected chi connectivity index (χ2v) is 3.69. The fraction of sp³-hybridized carbons (Fsp3) is 0.875. The van der Waals surface area contributed by atoms with Crippen LogP contribution in [0.5, 0.6) is 0 Å². The normalized spacial score (nSPS) is 35.1. The van der Waals surface area contributed by atoms with Crippen LogP contribution in [0.3, 0.4) is 0 Å². The van der Waals surface area contributed by atoms with Crippen LogP contribution in [0.15, 0.2) is 0 Å². The molecule has 11 heavy (non-hydrogen) atoms. The van der Waals surface area contributed by atoms with Gasteiger partial charge in [-0.25, -0.2) is 0 Å². The van der Waals surface area contributed by atoms with Gasteiger partial charge in [0.05, 0.1) is 5.92 Å². The van der Waals surface area contributed by atoms with Gasteiger partial charge in [-0.3, -0.25) is 4.79 Å². The summed E-state index contributed by atoms with van der Waals surface area (Å²) in [6.45, 7) is 0. The van der Waals surface area contributed by atoms with Gasteiger partial charge in [0.1, 0.15) is 0 Å². The molecule has 2 rings (SSSR count). The molecule has 0 aromatic carbocycles. The molecule has 0 spiro atoms. The van der Waals surface area contributed by atoms with Crippen molar-refractivity contribution < 1.29 is 4.79 Å². The Morgan fingerprint density at radius 2 is 2.09 bits per heavy atom. The molecular formula is C8H14N2O. The molecule has 3 heteroatoms.